The Labute approximate surface area is 256 Å². The van der Waals surface area contributed by atoms with Crippen molar-refractivity contribution in [1.29, 1.82) is 0 Å². The zero-order chi connectivity index (χ0) is 30.8. The van der Waals surface area contributed by atoms with Crippen LogP contribution in [0.3, 0.4) is 0 Å². The van der Waals surface area contributed by atoms with Gasteiger partial charge in [0.05, 0.1) is 15.5 Å². The summed E-state index contributed by atoms with van der Waals surface area (Å²) in [6, 6.07) is 16.5. The summed E-state index contributed by atoms with van der Waals surface area (Å²) in [6.07, 6.45) is 0. The van der Waals surface area contributed by atoms with Crippen molar-refractivity contribution in [2.45, 2.75) is 28.5 Å². The fourth-order valence-electron chi connectivity index (χ4n) is 4.83. The molecule has 42 heavy (non-hydrogen) atoms. The minimum absolute atomic E-state index is 0.0265. The van der Waals surface area contributed by atoms with Crippen LogP contribution in [0, 0.1) is 13.8 Å². The molecule has 4 aromatic carbocycles. The maximum atomic E-state index is 12.9. The van der Waals surface area contributed by atoms with Crippen molar-refractivity contribution >= 4 is 82.7 Å². The first-order valence-electron chi connectivity index (χ1n) is 12.0. The van der Waals surface area contributed by atoms with E-state index in [-0.39, 0.29) is 59.0 Å². The molecule has 1 heterocycles. The third-order valence-electron chi connectivity index (χ3n) is 6.69. The van der Waals surface area contributed by atoms with E-state index in [0.29, 0.717) is 5.69 Å². The van der Waals surface area contributed by atoms with Crippen LogP contribution in [0.1, 0.15) is 22.3 Å². The molecule has 4 aromatic rings. The van der Waals surface area contributed by atoms with Crippen LogP contribution in [0.25, 0.3) is 12.2 Å². The Bertz CT molecular complexity index is 2250. The van der Waals surface area contributed by atoms with E-state index in [4.69, 9.17) is 36.8 Å². The van der Waals surface area contributed by atoms with Crippen LogP contribution in [0.4, 0.5) is 11.4 Å². The average Bonchev–Trinajstić information content (AvgIpc) is 2.87. The van der Waals surface area contributed by atoms with Crippen LogP contribution >= 0.6 is 32.0 Å². The molecule has 0 amide bonds. The van der Waals surface area contributed by atoms with Gasteiger partial charge in [-0.1, -0.05) is 43.0 Å². The Balaban J connectivity index is 1.94. The lowest BCUT2D eigenvalue weighted by Gasteiger charge is -2.25. The quantitative estimate of drug-likeness (QED) is 0.230. The number of nitrogens with one attached hydrogen (secondary N) is 1. The van der Waals surface area contributed by atoms with Gasteiger partial charge in [0.25, 0.3) is 27.2 Å². The van der Waals surface area contributed by atoms with Crippen LogP contribution in [-0.2, 0) is 27.2 Å². The Kier molecular flexibility index (Phi) is 7.66. The standard InChI is InChI=1S/C28H20Cl3NO7S3/c1-15-7-6-8-16(2)28(15)32-21-14-23-20(13-26(21)42(31,37)38)27(18-9-4-5-10-24(18)40(29,33)34)19-12-25(41(30,35)36)17(3)11-22(19)39-23/h4-14,32H,3H2,1-2H3. The number of benzene rings is 4. The second-order valence-corrected chi connectivity index (χ2v) is 17.1. The van der Waals surface area contributed by atoms with Crippen LogP contribution < -0.4 is 20.5 Å². The van der Waals surface area contributed by atoms with Gasteiger partial charge in [0.1, 0.15) is 16.4 Å². The Morgan fingerprint density at radius 3 is 1.86 bits per heavy atom. The van der Waals surface area contributed by atoms with E-state index in [0.717, 1.165) is 11.1 Å². The molecular formula is C28H20Cl3NO7S3. The number of fused-ring (bicyclic) bond motifs is 2. The van der Waals surface area contributed by atoms with Crippen molar-refractivity contribution in [1.82, 2.24) is 0 Å². The molecule has 0 aliphatic carbocycles. The van der Waals surface area contributed by atoms with Gasteiger partial charge in [0, 0.05) is 65.7 Å². The highest BCUT2D eigenvalue weighted by molar-refractivity contribution is 8.14. The van der Waals surface area contributed by atoms with Gasteiger partial charge >= 0.3 is 0 Å². The molecule has 0 spiro atoms. The number of hydrogen-bond donors (Lipinski definition) is 1. The summed E-state index contributed by atoms with van der Waals surface area (Å²) < 4.78 is 81.9. The summed E-state index contributed by atoms with van der Waals surface area (Å²) in [4.78, 5) is -0.986. The average molecular weight is 685 g/mol. The maximum absolute atomic E-state index is 12.9. The lowest BCUT2D eigenvalue weighted by molar-refractivity contribution is 0.471. The number of rotatable bonds is 6. The molecule has 0 saturated carbocycles. The van der Waals surface area contributed by atoms with Crippen LogP contribution in [0.5, 0.6) is 11.5 Å². The van der Waals surface area contributed by atoms with E-state index in [1.165, 1.54) is 42.5 Å². The zero-order valence-electron chi connectivity index (χ0n) is 21.8. The topological polar surface area (TPSA) is 124 Å². The highest BCUT2D eigenvalue weighted by Crippen LogP contribution is 2.44. The highest BCUT2D eigenvalue weighted by atomic mass is 35.7. The summed E-state index contributed by atoms with van der Waals surface area (Å²) >= 11 is 0. The first-order chi connectivity index (χ1) is 19.5. The van der Waals surface area contributed by atoms with Gasteiger partial charge in [-0.15, -0.1) is 0 Å². The molecule has 218 valence electrons. The first-order valence-corrected chi connectivity index (χ1v) is 18.9. The summed E-state index contributed by atoms with van der Waals surface area (Å²) in [6.45, 7) is 7.47. The lowest BCUT2D eigenvalue weighted by Crippen LogP contribution is -2.24. The molecule has 0 fully saturated rings. The third-order valence-corrected chi connectivity index (χ3v) is 10.8. The second kappa shape index (κ2) is 10.6. The molecule has 0 bridgehead atoms. The van der Waals surface area contributed by atoms with Gasteiger partial charge < -0.3 is 10.1 Å². The number of para-hydroxylation sites is 1. The number of aryl methyl sites for hydroxylation is 2. The van der Waals surface area contributed by atoms with Crippen molar-refractivity contribution in [3.8, 4) is 11.5 Å². The van der Waals surface area contributed by atoms with E-state index < -0.39 is 27.2 Å². The smallest absolute Gasteiger partial charge is 0.263 e. The molecular weight excluding hydrogens is 665 g/mol. The summed E-state index contributed by atoms with van der Waals surface area (Å²) in [5.41, 5.74) is 2.70. The van der Waals surface area contributed by atoms with Crippen molar-refractivity contribution < 1.29 is 30.0 Å². The third kappa shape index (κ3) is 5.64. The highest BCUT2D eigenvalue weighted by Gasteiger charge is 2.30. The molecule has 1 aliphatic rings. The normalized spacial score (nSPS) is 13.2. The fraction of sp³-hybridized carbons (Fsp3) is 0.0714. The number of hydrogen-bond acceptors (Lipinski definition) is 8. The number of ether oxygens (including phenoxy) is 1. The molecule has 14 heteroatoms. The van der Waals surface area contributed by atoms with Crippen molar-refractivity contribution in [3.05, 3.63) is 99.4 Å². The minimum Gasteiger partial charge on any atom is -0.456 e. The molecule has 1 aliphatic heterocycles. The second-order valence-electron chi connectivity index (χ2n) is 9.48. The zero-order valence-corrected chi connectivity index (χ0v) is 26.5. The molecule has 0 aromatic heterocycles. The molecule has 0 unspecified atom stereocenters. The predicted octanol–water partition coefficient (Wildman–Crippen LogP) is 5.59. The van der Waals surface area contributed by atoms with Gasteiger partial charge in [0.15, 0.2) is 0 Å². The monoisotopic (exact) mass is 683 g/mol. The molecule has 0 radical (unpaired) electrons. The fourth-order valence-corrected chi connectivity index (χ4v) is 7.99. The summed E-state index contributed by atoms with van der Waals surface area (Å²) in [7, 11) is 4.34. The van der Waals surface area contributed by atoms with Gasteiger partial charge in [-0.3, -0.25) is 0 Å². The van der Waals surface area contributed by atoms with E-state index >= 15 is 0 Å². The molecule has 1 N–H and O–H groups in total. The number of halogens is 3. The largest absolute Gasteiger partial charge is 0.456 e. The Morgan fingerprint density at radius 1 is 0.667 bits per heavy atom. The van der Waals surface area contributed by atoms with E-state index in [9.17, 15) is 25.3 Å². The van der Waals surface area contributed by atoms with Crippen molar-refractivity contribution in [3.63, 3.8) is 0 Å². The first kappa shape index (κ1) is 30.4. The van der Waals surface area contributed by atoms with Crippen molar-refractivity contribution in [2.75, 3.05) is 5.32 Å². The SMILES string of the molecule is C=c1cc2c(cc1S(=O)(=O)Cl)=C(c1ccccc1S(=O)(=O)Cl)c1cc(S(=O)(=O)Cl)c(Nc3c(C)cccc3C)cc1O2. The molecule has 0 saturated heterocycles. The van der Waals surface area contributed by atoms with Gasteiger partial charge in [-0.05, 0) is 54.5 Å². The number of anilines is 2. The van der Waals surface area contributed by atoms with Crippen LogP contribution in [0.2, 0.25) is 0 Å². The summed E-state index contributed by atoms with van der Waals surface area (Å²) in [5, 5.41) is 3.27. The summed E-state index contributed by atoms with van der Waals surface area (Å²) in [5.74, 6) is 0.241. The van der Waals surface area contributed by atoms with E-state index in [1.807, 2.05) is 32.0 Å². The van der Waals surface area contributed by atoms with Crippen LogP contribution in [-0.4, -0.2) is 25.3 Å². The molecule has 5 rings (SSSR count). The Hall–Kier alpha value is -3.06. The molecule has 8 nitrogen and oxygen atoms in total. The maximum Gasteiger partial charge on any atom is 0.263 e. The van der Waals surface area contributed by atoms with Gasteiger partial charge in [0.2, 0.25) is 0 Å². The molecule has 0 atom stereocenters. The van der Waals surface area contributed by atoms with Crippen LogP contribution in [0.15, 0.2) is 81.4 Å². The van der Waals surface area contributed by atoms with Crippen molar-refractivity contribution in [2.24, 2.45) is 0 Å². The van der Waals surface area contributed by atoms with Gasteiger partial charge in [-0.2, -0.15) is 0 Å². The Morgan fingerprint density at radius 2 is 1.26 bits per heavy atom. The van der Waals surface area contributed by atoms with E-state index in [1.54, 1.807) is 6.07 Å². The predicted molar refractivity (Wildman–Crippen MR) is 164 cm³/mol. The lowest BCUT2D eigenvalue weighted by atomic mass is 9.92. The van der Waals surface area contributed by atoms with Gasteiger partial charge in [-0.25, -0.2) is 25.3 Å². The minimum atomic E-state index is -4.40. The van der Waals surface area contributed by atoms with E-state index in [2.05, 4.69) is 11.9 Å².